The molecule has 0 saturated carbocycles. The summed E-state index contributed by atoms with van der Waals surface area (Å²) in [5, 5.41) is 2.89. The Hall–Kier alpha value is -2.33. The van der Waals surface area contributed by atoms with E-state index in [2.05, 4.69) is 5.32 Å². The predicted molar refractivity (Wildman–Crippen MR) is 88.8 cm³/mol. The molecular formula is C18H22N2O2. The molecule has 2 aromatic rings. The van der Waals surface area contributed by atoms with E-state index in [1.54, 1.807) is 0 Å². The molecule has 1 amide bonds. The molecule has 2 atom stereocenters. The van der Waals surface area contributed by atoms with Gasteiger partial charge in [0.25, 0.3) is 0 Å². The molecule has 0 fully saturated rings. The third-order valence-corrected chi connectivity index (χ3v) is 3.57. The third-order valence-electron chi connectivity index (χ3n) is 3.57. The maximum absolute atomic E-state index is 12.3. The fourth-order valence-corrected chi connectivity index (χ4v) is 2.18. The first-order chi connectivity index (χ1) is 10.6. The van der Waals surface area contributed by atoms with Crippen molar-refractivity contribution in [3.8, 4) is 5.75 Å². The van der Waals surface area contributed by atoms with Gasteiger partial charge in [-0.2, -0.15) is 0 Å². The van der Waals surface area contributed by atoms with E-state index in [0.29, 0.717) is 6.61 Å². The molecule has 0 spiro atoms. The fraction of sp³-hybridized carbons (Fsp3) is 0.278. The Kier molecular flexibility index (Phi) is 5.55. The van der Waals surface area contributed by atoms with Crippen LogP contribution in [0.4, 0.5) is 5.69 Å². The van der Waals surface area contributed by atoms with Crippen LogP contribution >= 0.6 is 0 Å². The van der Waals surface area contributed by atoms with Crippen LogP contribution in [0.3, 0.4) is 0 Å². The van der Waals surface area contributed by atoms with E-state index in [9.17, 15) is 4.79 Å². The second-order valence-corrected chi connectivity index (χ2v) is 5.17. The van der Waals surface area contributed by atoms with Crippen LogP contribution < -0.4 is 15.8 Å². The summed E-state index contributed by atoms with van der Waals surface area (Å²) in [6.07, 6.45) is 0. The fourth-order valence-electron chi connectivity index (χ4n) is 2.18. The Morgan fingerprint density at radius 1 is 1.14 bits per heavy atom. The second-order valence-electron chi connectivity index (χ2n) is 5.17. The summed E-state index contributed by atoms with van der Waals surface area (Å²) < 4.78 is 5.38. The molecule has 2 unspecified atom stereocenters. The molecule has 22 heavy (non-hydrogen) atoms. The molecule has 0 saturated heterocycles. The van der Waals surface area contributed by atoms with E-state index in [0.717, 1.165) is 17.0 Å². The minimum absolute atomic E-state index is 0.0967. The van der Waals surface area contributed by atoms with Gasteiger partial charge in [-0.15, -0.1) is 0 Å². The Balaban J connectivity index is 1.99. The zero-order chi connectivity index (χ0) is 15.9. The zero-order valence-electron chi connectivity index (χ0n) is 13.0. The number of carbonyl (C=O) groups is 1. The van der Waals surface area contributed by atoms with Crippen molar-refractivity contribution in [1.82, 2.24) is 0 Å². The number of carbonyl (C=O) groups excluding carboxylic acids is 1. The number of amides is 1. The van der Waals surface area contributed by atoms with E-state index >= 15 is 0 Å². The molecule has 0 aliphatic carbocycles. The smallest absolute Gasteiger partial charge is 0.229 e. The molecule has 4 nitrogen and oxygen atoms in total. The summed E-state index contributed by atoms with van der Waals surface area (Å²) >= 11 is 0. The Morgan fingerprint density at radius 2 is 1.77 bits per heavy atom. The number of nitrogens with one attached hydrogen (secondary N) is 1. The average Bonchev–Trinajstić information content (AvgIpc) is 2.56. The number of nitrogens with two attached hydrogens (primary N) is 1. The minimum atomic E-state index is -0.330. The summed E-state index contributed by atoms with van der Waals surface area (Å²) in [6.45, 7) is 4.39. The van der Waals surface area contributed by atoms with Gasteiger partial charge in [0.1, 0.15) is 5.75 Å². The van der Waals surface area contributed by atoms with Crippen LogP contribution in [0, 0.1) is 5.92 Å². The van der Waals surface area contributed by atoms with Crippen molar-refractivity contribution in [1.29, 1.82) is 0 Å². The number of hydrogen-bond acceptors (Lipinski definition) is 3. The molecule has 0 aliphatic heterocycles. The van der Waals surface area contributed by atoms with Crippen LogP contribution in [0.25, 0.3) is 0 Å². The van der Waals surface area contributed by atoms with Gasteiger partial charge >= 0.3 is 0 Å². The standard InChI is InChI=1S/C18H22N2O2/c1-3-22-16-11-9-15(10-12-16)20-18(21)13(2)17(19)14-7-5-4-6-8-14/h4-13,17H,3,19H2,1-2H3,(H,20,21). The van der Waals surface area contributed by atoms with Crippen LogP contribution in [-0.4, -0.2) is 12.5 Å². The topological polar surface area (TPSA) is 64.3 Å². The second kappa shape index (κ2) is 7.61. The highest BCUT2D eigenvalue weighted by molar-refractivity contribution is 5.92. The summed E-state index contributed by atoms with van der Waals surface area (Å²) in [5.41, 5.74) is 7.87. The lowest BCUT2D eigenvalue weighted by Gasteiger charge is -2.20. The first-order valence-corrected chi connectivity index (χ1v) is 7.46. The van der Waals surface area contributed by atoms with Gasteiger partial charge in [0.15, 0.2) is 0 Å². The van der Waals surface area contributed by atoms with Crippen molar-refractivity contribution in [2.45, 2.75) is 19.9 Å². The third kappa shape index (κ3) is 4.09. The Bertz CT molecular complexity index is 596. The SMILES string of the molecule is CCOc1ccc(NC(=O)C(C)C(N)c2ccccc2)cc1. The lowest BCUT2D eigenvalue weighted by Crippen LogP contribution is -2.30. The van der Waals surface area contributed by atoms with Gasteiger partial charge in [0.05, 0.1) is 12.5 Å². The highest BCUT2D eigenvalue weighted by atomic mass is 16.5. The molecule has 0 aromatic heterocycles. The van der Waals surface area contributed by atoms with Crippen LogP contribution in [0.15, 0.2) is 54.6 Å². The molecule has 3 N–H and O–H groups in total. The minimum Gasteiger partial charge on any atom is -0.494 e. The molecule has 0 aliphatic rings. The highest BCUT2D eigenvalue weighted by Crippen LogP contribution is 2.21. The van der Waals surface area contributed by atoms with Crippen LogP contribution in [-0.2, 0) is 4.79 Å². The van der Waals surface area contributed by atoms with E-state index in [1.165, 1.54) is 0 Å². The predicted octanol–water partition coefficient (Wildman–Crippen LogP) is 3.36. The van der Waals surface area contributed by atoms with E-state index in [1.807, 2.05) is 68.4 Å². The number of rotatable bonds is 6. The van der Waals surface area contributed by atoms with Crippen molar-refractivity contribution >= 4 is 11.6 Å². The van der Waals surface area contributed by atoms with E-state index < -0.39 is 0 Å². The van der Waals surface area contributed by atoms with Crippen LogP contribution in [0.2, 0.25) is 0 Å². The zero-order valence-corrected chi connectivity index (χ0v) is 13.0. The molecule has 0 radical (unpaired) electrons. The number of hydrogen-bond donors (Lipinski definition) is 2. The van der Waals surface area contributed by atoms with Gasteiger partial charge in [-0.3, -0.25) is 4.79 Å². The van der Waals surface area contributed by atoms with E-state index in [-0.39, 0.29) is 17.9 Å². The van der Waals surface area contributed by atoms with Gasteiger partial charge in [0.2, 0.25) is 5.91 Å². The summed E-state index contributed by atoms with van der Waals surface area (Å²) in [4.78, 5) is 12.3. The molecule has 0 heterocycles. The van der Waals surface area contributed by atoms with Crippen molar-refractivity contribution in [3.05, 3.63) is 60.2 Å². The van der Waals surface area contributed by atoms with Crippen molar-refractivity contribution < 1.29 is 9.53 Å². The normalized spacial score (nSPS) is 13.2. The van der Waals surface area contributed by atoms with E-state index in [4.69, 9.17) is 10.5 Å². The van der Waals surface area contributed by atoms with Gasteiger partial charge < -0.3 is 15.8 Å². The first kappa shape index (κ1) is 16.0. The molecule has 0 bridgehead atoms. The Morgan fingerprint density at radius 3 is 2.36 bits per heavy atom. The van der Waals surface area contributed by atoms with Crippen molar-refractivity contribution in [3.63, 3.8) is 0 Å². The molecule has 2 aromatic carbocycles. The quantitative estimate of drug-likeness (QED) is 0.859. The number of anilines is 1. The maximum atomic E-state index is 12.3. The lowest BCUT2D eigenvalue weighted by molar-refractivity contribution is -0.120. The van der Waals surface area contributed by atoms with Crippen LogP contribution in [0.1, 0.15) is 25.5 Å². The summed E-state index contributed by atoms with van der Waals surface area (Å²) in [5.74, 6) is 0.365. The number of ether oxygens (including phenoxy) is 1. The van der Waals surface area contributed by atoms with Gasteiger partial charge in [-0.25, -0.2) is 0 Å². The largest absolute Gasteiger partial charge is 0.494 e. The number of benzene rings is 2. The molecule has 4 heteroatoms. The molecule has 2 rings (SSSR count). The lowest BCUT2D eigenvalue weighted by atomic mass is 9.94. The summed E-state index contributed by atoms with van der Waals surface area (Å²) in [6, 6.07) is 16.6. The summed E-state index contributed by atoms with van der Waals surface area (Å²) in [7, 11) is 0. The van der Waals surface area contributed by atoms with Crippen molar-refractivity contribution in [2.75, 3.05) is 11.9 Å². The van der Waals surface area contributed by atoms with Gasteiger partial charge in [-0.05, 0) is 36.8 Å². The highest BCUT2D eigenvalue weighted by Gasteiger charge is 2.22. The van der Waals surface area contributed by atoms with Crippen LogP contribution in [0.5, 0.6) is 5.75 Å². The van der Waals surface area contributed by atoms with Gasteiger partial charge in [-0.1, -0.05) is 37.3 Å². The molecular weight excluding hydrogens is 276 g/mol. The monoisotopic (exact) mass is 298 g/mol. The maximum Gasteiger partial charge on any atom is 0.229 e. The van der Waals surface area contributed by atoms with Crippen molar-refractivity contribution in [2.24, 2.45) is 11.7 Å². The van der Waals surface area contributed by atoms with Gasteiger partial charge in [0, 0.05) is 11.7 Å². The molecule has 116 valence electrons. The Labute approximate surface area is 131 Å². The first-order valence-electron chi connectivity index (χ1n) is 7.46. The average molecular weight is 298 g/mol.